The van der Waals surface area contributed by atoms with Gasteiger partial charge in [0.05, 0.1) is 11.1 Å². The van der Waals surface area contributed by atoms with Gasteiger partial charge in [-0.05, 0) is 52.3 Å². The molecule has 0 spiro atoms. The van der Waals surface area contributed by atoms with Gasteiger partial charge in [0.25, 0.3) is 5.91 Å². The average Bonchev–Trinajstić information content (AvgIpc) is 2.58. The number of nitrogens with one attached hydrogen (secondary N) is 1. The van der Waals surface area contributed by atoms with Crippen LogP contribution in [0.3, 0.4) is 0 Å². The lowest BCUT2D eigenvalue weighted by Crippen LogP contribution is -2.35. The highest BCUT2D eigenvalue weighted by Gasteiger charge is 2.30. The zero-order valence-corrected chi connectivity index (χ0v) is 14.5. The normalized spacial score (nSPS) is 12.5. The third-order valence-corrected chi connectivity index (χ3v) is 3.93. The first-order valence-corrected chi connectivity index (χ1v) is 8.07. The molecule has 2 N–H and O–H groups in total. The van der Waals surface area contributed by atoms with Crippen molar-refractivity contribution in [2.24, 2.45) is 0 Å². The van der Waals surface area contributed by atoms with E-state index in [1.807, 2.05) is 0 Å². The molecular weight excluding hydrogens is 403 g/mol. The predicted octanol–water partition coefficient (Wildman–Crippen LogP) is 3.64. The second-order valence-corrected chi connectivity index (χ2v) is 6.03. The quantitative estimate of drug-likeness (QED) is 0.754. The van der Waals surface area contributed by atoms with Crippen molar-refractivity contribution in [2.45, 2.75) is 12.3 Å². The van der Waals surface area contributed by atoms with Gasteiger partial charge in [-0.2, -0.15) is 13.2 Å². The van der Waals surface area contributed by atoms with Crippen LogP contribution in [-0.4, -0.2) is 30.3 Å². The molecule has 8 heteroatoms. The van der Waals surface area contributed by atoms with Crippen LogP contribution in [0.5, 0.6) is 5.75 Å². The van der Waals surface area contributed by atoms with Gasteiger partial charge >= 0.3 is 6.18 Å². The topological polar surface area (TPSA) is 58.6 Å². The van der Waals surface area contributed by atoms with Gasteiger partial charge in [0.2, 0.25) is 0 Å². The van der Waals surface area contributed by atoms with E-state index >= 15 is 0 Å². The number of alkyl halides is 3. The van der Waals surface area contributed by atoms with Gasteiger partial charge in [-0.25, -0.2) is 0 Å². The molecule has 0 saturated carbocycles. The third kappa shape index (κ3) is 5.75. The maximum atomic E-state index is 12.5. The highest BCUT2D eigenvalue weighted by atomic mass is 79.9. The summed E-state index contributed by atoms with van der Waals surface area (Å²) in [6.45, 7) is -0.220. The summed E-state index contributed by atoms with van der Waals surface area (Å²) in [5.41, 5.74) is -0.348. The third-order valence-electron chi connectivity index (χ3n) is 3.24. The van der Waals surface area contributed by atoms with E-state index in [0.29, 0.717) is 10.0 Å². The van der Waals surface area contributed by atoms with E-state index < -0.39 is 17.8 Å². The van der Waals surface area contributed by atoms with Crippen molar-refractivity contribution in [3.05, 3.63) is 64.1 Å². The van der Waals surface area contributed by atoms with Crippen LogP contribution in [0.4, 0.5) is 13.2 Å². The molecule has 2 aromatic carbocycles. The summed E-state index contributed by atoms with van der Waals surface area (Å²) in [7, 11) is 0. The van der Waals surface area contributed by atoms with Crippen LogP contribution in [-0.2, 0) is 6.18 Å². The largest absolute Gasteiger partial charge is 0.491 e. The maximum Gasteiger partial charge on any atom is 0.416 e. The van der Waals surface area contributed by atoms with Gasteiger partial charge in [-0.15, -0.1) is 0 Å². The molecule has 0 saturated heterocycles. The molecule has 134 valence electrons. The van der Waals surface area contributed by atoms with E-state index in [2.05, 4.69) is 21.2 Å². The second kappa shape index (κ2) is 8.35. The number of amides is 1. The zero-order valence-electron chi connectivity index (χ0n) is 12.9. The molecular formula is C17H15BrF3NO3. The minimum Gasteiger partial charge on any atom is -0.491 e. The Morgan fingerprint density at radius 2 is 1.80 bits per heavy atom. The van der Waals surface area contributed by atoms with Crippen molar-refractivity contribution >= 4 is 21.8 Å². The fourth-order valence-corrected chi connectivity index (χ4v) is 2.41. The number of carbonyl (C=O) groups is 1. The Morgan fingerprint density at radius 1 is 1.16 bits per heavy atom. The lowest BCUT2D eigenvalue weighted by Gasteiger charge is -2.14. The van der Waals surface area contributed by atoms with E-state index in [1.54, 1.807) is 24.3 Å². The predicted molar refractivity (Wildman–Crippen MR) is 89.4 cm³/mol. The van der Waals surface area contributed by atoms with Crippen LogP contribution in [0.2, 0.25) is 0 Å². The van der Waals surface area contributed by atoms with E-state index in [0.717, 1.165) is 12.1 Å². The molecule has 4 nitrogen and oxygen atoms in total. The van der Waals surface area contributed by atoms with Crippen LogP contribution in [0, 0.1) is 0 Å². The van der Waals surface area contributed by atoms with Gasteiger partial charge in [0.1, 0.15) is 18.5 Å². The van der Waals surface area contributed by atoms with E-state index in [1.165, 1.54) is 12.1 Å². The molecule has 2 aromatic rings. The lowest BCUT2D eigenvalue weighted by molar-refractivity contribution is -0.137. The first-order valence-electron chi connectivity index (χ1n) is 7.28. The fraction of sp³-hybridized carbons (Fsp3) is 0.235. The minimum absolute atomic E-state index is 0.0548. The van der Waals surface area contributed by atoms with Gasteiger partial charge in [-0.3, -0.25) is 4.79 Å². The number of carbonyl (C=O) groups excluding carboxylic acids is 1. The van der Waals surface area contributed by atoms with Gasteiger partial charge in [-0.1, -0.05) is 12.1 Å². The van der Waals surface area contributed by atoms with Crippen molar-refractivity contribution < 1.29 is 27.8 Å². The van der Waals surface area contributed by atoms with Crippen LogP contribution in [0.1, 0.15) is 15.9 Å². The van der Waals surface area contributed by atoms with Crippen molar-refractivity contribution in [3.63, 3.8) is 0 Å². The van der Waals surface area contributed by atoms with E-state index in [-0.39, 0.29) is 24.8 Å². The first kappa shape index (κ1) is 19.3. The molecule has 0 aliphatic carbocycles. The van der Waals surface area contributed by atoms with E-state index in [9.17, 15) is 23.1 Å². The highest BCUT2D eigenvalue weighted by molar-refractivity contribution is 9.10. The first-order chi connectivity index (χ1) is 11.8. The van der Waals surface area contributed by atoms with Crippen LogP contribution >= 0.6 is 15.9 Å². The number of halogens is 4. The Kier molecular flexibility index (Phi) is 6.44. The average molecular weight is 418 g/mol. The Balaban J connectivity index is 1.80. The molecule has 1 atom stereocenters. The summed E-state index contributed by atoms with van der Waals surface area (Å²) in [5, 5.41) is 12.4. The molecule has 0 fully saturated rings. The fourth-order valence-electron chi connectivity index (χ4n) is 1.94. The molecule has 0 aliphatic heterocycles. The summed E-state index contributed by atoms with van der Waals surface area (Å²) in [5.74, 6) is -0.162. The Morgan fingerprint density at radius 3 is 2.40 bits per heavy atom. The molecule has 0 aromatic heterocycles. The number of aliphatic hydroxyl groups excluding tert-OH is 1. The van der Waals surface area contributed by atoms with Crippen molar-refractivity contribution in [1.82, 2.24) is 5.32 Å². The molecule has 0 bridgehead atoms. The second-order valence-electron chi connectivity index (χ2n) is 5.18. The van der Waals surface area contributed by atoms with Gasteiger partial charge < -0.3 is 15.2 Å². The summed E-state index contributed by atoms with van der Waals surface area (Å²) < 4.78 is 43.2. The molecule has 1 amide bonds. The van der Waals surface area contributed by atoms with Crippen molar-refractivity contribution in [1.29, 1.82) is 0 Å². The summed E-state index contributed by atoms with van der Waals surface area (Å²) in [6.07, 6.45) is -5.41. The lowest BCUT2D eigenvalue weighted by atomic mass is 10.2. The van der Waals surface area contributed by atoms with Crippen LogP contribution in [0.25, 0.3) is 0 Å². The van der Waals surface area contributed by atoms with Crippen molar-refractivity contribution in [3.8, 4) is 5.75 Å². The van der Waals surface area contributed by atoms with E-state index in [4.69, 9.17) is 4.74 Å². The SMILES string of the molecule is O=C(NCC(O)COc1ccc(C(F)(F)F)cc1)c1ccccc1Br. The maximum absolute atomic E-state index is 12.5. The Labute approximate surface area is 150 Å². The minimum atomic E-state index is -4.41. The number of hydrogen-bond acceptors (Lipinski definition) is 3. The molecule has 0 heterocycles. The molecule has 25 heavy (non-hydrogen) atoms. The summed E-state index contributed by atoms with van der Waals surface area (Å²) in [6, 6.07) is 11.0. The van der Waals surface area contributed by atoms with Gasteiger partial charge in [0, 0.05) is 11.0 Å². The highest BCUT2D eigenvalue weighted by Crippen LogP contribution is 2.30. The van der Waals surface area contributed by atoms with Gasteiger partial charge in [0.15, 0.2) is 0 Å². The summed E-state index contributed by atoms with van der Waals surface area (Å²) >= 11 is 3.26. The smallest absolute Gasteiger partial charge is 0.416 e. The molecule has 1 unspecified atom stereocenters. The van der Waals surface area contributed by atoms with Crippen LogP contribution < -0.4 is 10.1 Å². The van der Waals surface area contributed by atoms with Crippen LogP contribution in [0.15, 0.2) is 53.0 Å². The number of hydrogen-bond donors (Lipinski definition) is 2. The number of aliphatic hydroxyl groups is 1. The van der Waals surface area contributed by atoms with Crippen molar-refractivity contribution in [2.75, 3.05) is 13.2 Å². The Bertz CT molecular complexity index is 720. The number of benzene rings is 2. The Hall–Kier alpha value is -2.06. The molecule has 2 rings (SSSR count). The number of rotatable bonds is 6. The monoisotopic (exact) mass is 417 g/mol. The zero-order chi connectivity index (χ0) is 18.4. The molecule has 0 radical (unpaired) electrons. The number of ether oxygens (including phenoxy) is 1. The molecule has 0 aliphatic rings. The summed E-state index contributed by atoms with van der Waals surface area (Å²) in [4.78, 5) is 12.0. The standard InChI is InChI=1S/C17H15BrF3NO3/c18-15-4-2-1-3-14(15)16(24)22-9-12(23)10-25-13-7-5-11(6-8-13)17(19,20)21/h1-8,12,23H,9-10H2,(H,22,24).